The van der Waals surface area contributed by atoms with Crippen LogP contribution in [0.4, 0.5) is 0 Å². The lowest BCUT2D eigenvalue weighted by Crippen LogP contribution is -2.44. The van der Waals surface area contributed by atoms with Crippen LogP contribution in [0.15, 0.2) is 29.3 Å². The molecule has 1 aliphatic heterocycles. The van der Waals surface area contributed by atoms with Crippen molar-refractivity contribution in [3.63, 3.8) is 0 Å². The Hall–Kier alpha value is -0.860. The van der Waals surface area contributed by atoms with Crippen LogP contribution < -0.4 is 10.6 Å². The summed E-state index contributed by atoms with van der Waals surface area (Å²) in [6, 6.07) is 9.19. The highest BCUT2D eigenvalue weighted by Crippen LogP contribution is 2.15. The van der Waals surface area contributed by atoms with E-state index < -0.39 is 0 Å². The van der Waals surface area contributed by atoms with Crippen LogP contribution in [-0.4, -0.2) is 48.7 Å². The van der Waals surface area contributed by atoms with Gasteiger partial charge in [0.2, 0.25) is 0 Å². The summed E-state index contributed by atoms with van der Waals surface area (Å²) >= 11 is 0. The molecule has 1 aromatic carbocycles. The third-order valence-corrected chi connectivity index (χ3v) is 4.11. The van der Waals surface area contributed by atoms with Crippen molar-refractivity contribution in [1.29, 1.82) is 0 Å². The predicted molar refractivity (Wildman–Crippen MR) is 120 cm³/mol. The van der Waals surface area contributed by atoms with Crippen LogP contribution in [0, 0.1) is 0 Å². The van der Waals surface area contributed by atoms with Gasteiger partial charge in [-0.3, -0.25) is 4.90 Å². The molecule has 2 N–H and O–H groups in total. The van der Waals surface area contributed by atoms with Crippen molar-refractivity contribution in [2.24, 2.45) is 4.99 Å². The number of guanidine groups is 1. The van der Waals surface area contributed by atoms with Gasteiger partial charge in [-0.15, -0.1) is 24.0 Å². The smallest absolute Gasteiger partial charge is 0.191 e. The van der Waals surface area contributed by atoms with Gasteiger partial charge in [0.1, 0.15) is 0 Å². The molecule has 1 heterocycles. The Morgan fingerprint density at radius 3 is 2.27 bits per heavy atom. The standard InChI is InChI=1S/C20H34N4O.HI/c1-6-21-20(23-15(2)3)22-11-18-7-9-19(10-8-18)14-24-12-16(4)25-17(5)13-24;/h7-10,15-17H,6,11-14H2,1-5H3,(H2,21,22,23);1H. The van der Waals surface area contributed by atoms with Crippen molar-refractivity contribution in [3.05, 3.63) is 35.4 Å². The molecule has 0 radical (unpaired) electrons. The first-order chi connectivity index (χ1) is 12.0. The molecular formula is C20H35IN4O. The van der Waals surface area contributed by atoms with E-state index in [-0.39, 0.29) is 24.0 Å². The summed E-state index contributed by atoms with van der Waals surface area (Å²) in [5, 5.41) is 6.62. The van der Waals surface area contributed by atoms with Crippen molar-refractivity contribution in [3.8, 4) is 0 Å². The number of halogens is 1. The monoisotopic (exact) mass is 474 g/mol. The van der Waals surface area contributed by atoms with E-state index >= 15 is 0 Å². The van der Waals surface area contributed by atoms with Gasteiger partial charge in [-0.25, -0.2) is 4.99 Å². The Morgan fingerprint density at radius 1 is 1.15 bits per heavy atom. The zero-order valence-electron chi connectivity index (χ0n) is 16.8. The second-order valence-electron chi connectivity index (χ2n) is 7.26. The van der Waals surface area contributed by atoms with E-state index in [9.17, 15) is 0 Å². The normalized spacial score (nSPS) is 21.4. The number of rotatable bonds is 6. The van der Waals surface area contributed by atoms with Gasteiger partial charge in [0.05, 0.1) is 18.8 Å². The molecule has 5 nitrogen and oxygen atoms in total. The van der Waals surface area contributed by atoms with Gasteiger partial charge in [-0.1, -0.05) is 24.3 Å². The minimum Gasteiger partial charge on any atom is -0.373 e. The van der Waals surface area contributed by atoms with Gasteiger partial charge in [0.25, 0.3) is 0 Å². The van der Waals surface area contributed by atoms with E-state index in [1.165, 1.54) is 11.1 Å². The molecule has 0 saturated carbocycles. The Labute approximate surface area is 176 Å². The summed E-state index contributed by atoms with van der Waals surface area (Å²) in [5.74, 6) is 0.873. The molecule has 1 aromatic rings. The largest absolute Gasteiger partial charge is 0.373 e. The van der Waals surface area contributed by atoms with Gasteiger partial charge in [0.15, 0.2) is 5.96 Å². The number of nitrogens with one attached hydrogen (secondary N) is 2. The number of hydrogen-bond acceptors (Lipinski definition) is 3. The number of ether oxygens (including phenoxy) is 1. The Morgan fingerprint density at radius 2 is 1.73 bits per heavy atom. The molecule has 0 aromatic heterocycles. The highest BCUT2D eigenvalue weighted by molar-refractivity contribution is 14.0. The molecule has 1 saturated heterocycles. The van der Waals surface area contributed by atoms with E-state index in [2.05, 4.69) is 79.4 Å². The first kappa shape index (κ1) is 23.2. The van der Waals surface area contributed by atoms with Crippen molar-refractivity contribution in [2.45, 2.75) is 66.0 Å². The molecule has 0 aliphatic carbocycles. The maximum atomic E-state index is 5.81. The molecule has 0 bridgehead atoms. The van der Waals surface area contributed by atoms with Crippen LogP contribution in [-0.2, 0) is 17.8 Å². The third-order valence-electron chi connectivity index (χ3n) is 4.11. The lowest BCUT2D eigenvalue weighted by Gasteiger charge is -2.35. The van der Waals surface area contributed by atoms with Gasteiger partial charge >= 0.3 is 0 Å². The van der Waals surface area contributed by atoms with Crippen LogP contribution >= 0.6 is 24.0 Å². The number of benzene rings is 1. The lowest BCUT2D eigenvalue weighted by molar-refractivity contribution is -0.0704. The number of nitrogens with zero attached hydrogens (tertiary/aromatic N) is 2. The second-order valence-corrected chi connectivity index (χ2v) is 7.26. The van der Waals surface area contributed by atoms with Crippen molar-refractivity contribution >= 4 is 29.9 Å². The van der Waals surface area contributed by atoms with E-state index in [1.54, 1.807) is 0 Å². The third kappa shape index (κ3) is 8.22. The van der Waals surface area contributed by atoms with Crippen molar-refractivity contribution in [1.82, 2.24) is 15.5 Å². The maximum Gasteiger partial charge on any atom is 0.191 e. The summed E-state index contributed by atoms with van der Waals surface area (Å²) in [6.45, 7) is 15.2. The number of morpholine rings is 1. The van der Waals surface area contributed by atoms with Gasteiger partial charge < -0.3 is 15.4 Å². The molecule has 2 rings (SSSR count). The van der Waals surface area contributed by atoms with E-state index in [0.717, 1.165) is 32.1 Å². The Balaban J connectivity index is 0.00000338. The van der Waals surface area contributed by atoms with Crippen LogP contribution in [0.25, 0.3) is 0 Å². The van der Waals surface area contributed by atoms with Gasteiger partial charge in [0, 0.05) is 32.2 Å². The SMILES string of the molecule is CCNC(=NCc1ccc(CN2CC(C)OC(C)C2)cc1)NC(C)C.I. The molecule has 148 valence electrons. The Kier molecular flexibility index (Phi) is 10.5. The minimum atomic E-state index is 0. The molecular weight excluding hydrogens is 439 g/mol. The molecule has 2 unspecified atom stereocenters. The fourth-order valence-corrected chi connectivity index (χ4v) is 3.19. The second kappa shape index (κ2) is 11.8. The first-order valence-corrected chi connectivity index (χ1v) is 9.46. The quantitative estimate of drug-likeness (QED) is 0.377. The lowest BCUT2D eigenvalue weighted by atomic mass is 10.1. The number of hydrogen-bond donors (Lipinski definition) is 2. The topological polar surface area (TPSA) is 48.9 Å². The van der Waals surface area contributed by atoms with Crippen molar-refractivity contribution < 1.29 is 4.74 Å². The predicted octanol–water partition coefficient (Wildman–Crippen LogP) is 3.38. The summed E-state index contributed by atoms with van der Waals surface area (Å²) in [6.07, 6.45) is 0.630. The van der Waals surface area contributed by atoms with Crippen LogP contribution in [0.5, 0.6) is 0 Å². The summed E-state index contributed by atoms with van der Waals surface area (Å²) < 4.78 is 5.81. The average Bonchev–Trinajstić information content (AvgIpc) is 2.53. The van der Waals surface area contributed by atoms with Gasteiger partial charge in [-0.05, 0) is 45.7 Å². The maximum absolute atomic E-state index is 5.81. The highest BCUT2D eigenvalue weighted by Gasteiger charge is 2.21. The van der Waals surface area contributed by atoms with Crippen LogP contribution in [0.3, 0.4) is 0 Å². The summed E-state index contributed by atoms with van der Waals surface area (Å²) in [7, 11) is 0. The molecule has 1 aliphatic rings. The summed E-state index contributed by atoms with van der Waals surface area (Å²) in [5.41, 5.74) is 2.58. The first-order valence-electron chi connectivity index (χ1n) is 9.46. The zero-order valence-corrected chi connectivity index (χ0v) is 19.1. The number of aliphatic imine (C=N–C) groups is 1. The minimum absolute atomic E-state index is 0. The zero-order chi connectivity index (χ0) is 18.2. The van der Waals surface area contributed by atoms with E-state index in [0.29, 0.717) is 24.8 Å². The molecule has 0 amide bonds. The molecule has 0 spiro atoms. The average molecular weight is 474 g/mol. The molecule has 2 atom stereocenters. The fraction of sp³-hybridized carbons (Fsp3) is 0.650. The molecule has 26 heavy (non-hydrogen) atoms. The summed E-state index contributed by atoms with van der Waals surface area (Å²) in [4.78, 5) is 7.13. The molecule has 1 fully saturated rings. The highest BCUT2D eigenvalue weighted by atomic mass is 127. The fourth-order valence-electron chi connectivity index (χ4n) is 3.19. The molecule has 6 heteroatoms. The van der Waals surface area contributed by atoms with Crippen molar-refractivity contribution in [2.75, 3.05) is 19.6 Å². The van der Waals surface area contributed by atoms with E-state index in [1.807, 2.05) is 0 Å². The van der Waals surface area contributed by atoms with Crippen LogP contribution in [0.1, 0.15) is 45.7 Å². The van der Waals surface area contributed by atoms with E-state index in [4.69, 9.17) is 4.74 Å². The van der Waals surface area contributed by atoms with Crippen LogP contribution in [0.2, 0.25) is 0 Å². The Bertz CT molecular complexity index is 537. The van der Waals surface area contributed by atoms with Gasteiger partial charge in [-0.2, -0.15) is 0 Å².